The molecule has 0 atom stereocenters. The van der Waals surface area contributed by atoms with Crippen LogP contribution in [0.4, 0.5) is 11.4 Å². The van der Waals surface area contributed by atoms with Crippen LogP contribution in [0.3, 0.4) is 0 Å². The highest BCUT2D eigenvalue weighted by molar-refractivity contribution is 6.04. The zero-order valence-electron chi connectivity index (χ0n) is 14.9. The van der Waals surface area contributed by atoms with Crippen molar-refractivity contribution in [3.63, 3.8) is 0 Å². The van der Waals surface area contributed by atoms with Crippen molar-refractivity contribution in [3.05, 3.63) is 90.0 Å². The molecule has 0 heterocycles. The molecule has 3 aromatic carbocycles. The van der Waals surface area contributed by atoms with E-state index < -0.39 is 0 Å². The summed E-state index contributed by atoms with van der Waals surface area (Å²) in [4.78, 5) is 24.3. The van der Waals surface area contributed by atoms with Gasteiger partial charge in [0.1, 0.15) is 5.75 Å². The van der Waals surface area contributed by atoms with E-state index in [1.54, 1.807) is 54.6 Å². The summed E-state index contributed by atoms with van der Waals surface area (Å²) in [5.74, 6) is 0.166. The molecular weight excluding hydrogens is 340 g/mol. The summed E-state index contributed by atoms with van der Waals surface area (Å²) in [6, 6.07) is 23.4. The summed E-state index contributed by atoms with van der Waals surface area (Å²) in [5, 5.41) is 5.58. The molecule has 0 radical (unpaired) electrons. The number of ether oxygens (including phenoxy) is 1. The van der Waals surface area contributed by atoms with Crippen molar-refractivity contribution in [2.45, 2.75) is 6.92 Å². The predicted molar refractivity (Wildman–Crippen MR) is 106 cm³/mol. The molecule has 3 rings (SSSR count). The van der Waals surface area contributed by atoms with Gasteiger partial charge >= 0.3 is 0 Å². The van der Waals surface area contributed by atoms with Crippen molar-refractivity contribution in [3.8, 4) is 5.75 Å². The lowest BCUT2D eigenvalue weighted by molar-refractivity contribution is -0.118. The third kappa shape index (κ3) is 5.44. The number of carbonyl (C=O) groups is 2. The molecule has 0 bridgehead atoms. The SMILES string of the molecule is Cc1cccc(OCC(=O)Nc2cccc(NC(=O)c3ccccc3)c2)c1. The fourth-order valence-corrected chi connectivity index (χ4v) is 2.52. The molecule has 0 aromatic heterocycles. The van der Waals surface area contributed by atoms with Crippen LogP contribution in [-0.4, -0.2) is 18.4 Å². The van der Waals surface area contributed by atoms with Crippen LogP contribution in [0.25, 0.3) is 0 Å². The number of carbonyl (C=O) groups excluding carboxylic acids is 2. The van der Waals surface area contributed by atoms with Gasteiger partial charge in [-0.05, 0) is 55.0 Å². The second kappa shape index (κ2) is 8.67. The second-order valence-electron chi connectivity index (χ2n) is 6.05. The highest BCUT2D eigenvalue weighted by Crippen LogP contribution is 2.17. The third-order valence-electron chi connectivity index (χ3n) is 3.80. The molecule has 5 heteroatoms. The zero-order chi connectivity index (χ0) is 19.1. The Morgan fingerprint density at radius 2 is 1.52 bits per heavy atom. The minimum absolute atomic E-state index is 0.0932. The normalized spacial score (nSPS) is 10.1. The van der Waals surface area contributed by atoms with Crippen molar-refractivity contribution in [2.24, 2.45) is 0 Å². The molecule has 0 aliphatic heterocycles. The van der Waals surface area contributed by atoms with E-state index in [9.17, 15) is 9.59 Å². The maximum atomic E-state index is 12.2. The fraction of sp³-hybridized carbons (Fsp3) is 0.0909. The van der Waals surface area contributed by atoms with Gasteiger partial charge in [-0.3, -0.25) is 9.59 Å². The number of amides is 2. The number of aryl methyl sites for hydroxylation is 1. The average Bonchev–Trinajstić information content (AvgIpc) is 2.67. The van der Waals surface area contributed by atoms with E-state index in [2.05, 4.69) is 10.6 Å². The molecule has 5 nitrogen and oxygen atoms in total. The van der Waals surface area contributed by atoms with E-state index in [-0.39, 0.29) is 18.4 Å². The molecule has 0 unspecified atom stereocenters. The van der Waals surface area contributed by atoms with Crippen LogP contribution in [0.5, 0.6) is 5.75 Å². The third-order valence-corrected chi connectivity index (χ3v) is 3.80. The summed E-state index contributed by atoms with van der Waals surface area (Å²) >= 11 is 0. The van der Waals surface area contributed by atoms with Gasteiger partial charge in [0.2, 0.25) is 0 Å². The van der Waals surface area contributed by atoms with Gasteiger partial charge in [0.05, 0.1) is 0 Å². The van der Waals surface area contributed by atoms with Gasteiger partial charge in [-0.2, -0.15) is 0 Å². The van der Waals surface area contributed by atoms with Gasteiger partial charge in [-0.25, -0.2) is 0 Å². The first-order valence-corrected chi connectivity index (χ1v) is 8.56. The van der Waals surface area contributed by atoms with E-state index in [4.69, 9.17) is 4.74 Å². The first-order valence-electron chi connectivity index (χ1n) is 8.56. The van der Waals surface area contributed by atoms with Gasteiger partial charge in [-0.15, -0.1) is 0 Å². The first-order chi connectivity index (χ1) is 13.1. The summed E-state index contributed by atoms with van der Waals surface area (Å²) < 4.78 is 5.49. The molecule has 0 fully saturated rings. The van der Waals surface area contributed by atoms with Crippen LogP contribution in [0.15, 0.2) is 78.9 Å². The van der Waals surface area contributed by atoms with Crippen molar-refractivity contribution in [1.82, 2.24) is 0 Å². The van der Waals surface area contributed by atoms with Crippen molar-refractivity contribution in [2.75, 3.05) is 17.2 Å². The van der Waals surface area contributed by atoms with Gasteiger partial charge < -0.3 is 15.4 Å². The molecule has 136 valence electrons. The average molecular weight is 360 g/mol. The molecule has 2 N–H and O–H groups in total. The number of nitrogens with one attached hydrogen (secondary N) is 2. The van der Waals surface area contributed by atoms with Crippen molar-refractivity contribution < 1.29 is 14.3 Å². The van der Waals surface area contributed by atoms with E-state index in [0.717, 1.165) is 5.56 Å². The number of benzene rings is 3. The van der Waals surface area contributed by atoms with E-state index in [1.807, 2.05) is 31.2 Å². The lowest BCUT2D eigenvalue weighted by Gasteiger charge is -2.10. The Balaban J connectivity index is 1.57. The molecular formula is C22H20N2O3. The lowest BCUT2D eigenvalue weighted by Crippen LogP contribution is -2.20. The Labute approximate surface area is 158 Å². The first kappa shape index (κ1) is 18.2. The minimum atomic E-state index is -0.275. The van der Waals surface area contributed by atoms with Gasteiger partial charge in [0.25, 0.3) is 11.8 Å². The van der Waals surface area contributed by atoms with Gasteiger partial charge in [0, 0.05) is 16.9 Å². The highest BCUT2D eigenvalue weighted by Gasteiger charge is 2.07. The van der Waals surface area contributed by atoms with Crippen LogP contribution >= 0.6 is 0 Å². The number of hydrogen-bond acceptors (Lipinski definition) is 3. The molecule has 2 amide bonds. The molecule has 0 spiro atoms. The zero-order valence-corrected chi connectivity index (χ0v) is 14.9. The Morgan fingerprint density at radius 3 is 2.26 bits per heavy atom. The summed E-state index contributed by atoms with van der Waals surface area (Å²) in [7, 11) is 0. The molecule has 3 aromatic rings. The van der Waals surface area contributed by atoms with Gasteiger partial charge in [-0.1, -0.05) is 36.4 Å². The maximum Gasteiger partial charge on any atom is 0.262 e. The summed E-state index contributed by atoms with van der Waals surface area (Å²) in [6.07, 6.45) is 0. The molecule has 0 aliphatic rings. The van der Waals surface area contributed by atoms with Crippen LogP contribution in [0.1, 0.15) is 15.9 Å². The fourth-order valence-electron chi connectivity index (χ4n) is 2.52. The largest absolute Gasteiger partial charge is 0.484 e. The van der Waals surface area contributed by atoms with Gasteiger partial charge in [0.15, 0.2) is 6.61 Å². The molecule has 0 saturated carbocycles. The van der Waals surface area contributed by atoms with E-state index in [0.29, 0.717) is 22.7 Å². The predicted octanol–water partition coefficient (Wildman–Crippen LogP) is 4.26. The Hall–Kier alpha value is -3.60. The highest BCUT2D eigenvalue weighted by atomic mass is 16.5. The van der Waals surface area contributed by atoms with Crippen molar-refractivity contribution >= 4 is 23.2 Å². The molecule has 0 aliphatic carbocycles. The summed E-state index contributed by atoms with van der Waals surface area (Å²) in [5.41, 5.74) is 2.81. The standard InChI is InChI=1S/C22H20N2O3/c1-16-7-5-12-20(13-16)27-15-21(25)23-18-10-6-11-19(14-18)24-22(26)17-8-3-2-4-9-17/h2-14H,15H2,1H3,(H,23,25)(H,24,26). The Kier molecular flexibility index (Phi) is 5.84. The quantitative estimate of drug-likeness (QED) is 0.690. The maximum absolute atomic E-state index is 12.2. The molecule has 0 saturated heterocycles. The lowest BCUT2D eigenvalue weighted by atomic mass is 10.2. The Morgan fingerprint density at radius 1 is 0.815 bits per heavy atom. The van der Waals surface area contributed by atoms with Crippen molar-refractivity contribution in [1.29, 1.82) is 0 Å². The minimum Gasteiger partial charge on any atom is -0.484 e. The van der Waals surface area contributed by atoms with Crippen LogP contribution < -0.4 is 15.4 Å². The smallest absolute Gasteiger partial charge is 0.262 e. The Bertz CT molecular complexity index is 939. The second-order valence-corrected chi connectivity index (χ2v) is 6.05. The van der Waals surface area contributed by atoms with E-state index >= 15 is 0 Å². The number of hydrogen-bond donors (Lipinski definition) is 2. The van der Waals surface area contributed by atoms with Crippen LogP contribution in [0.2, 0.25) is 0 Å². The van der Waals surface area contributed by atoms with Crippen LogP contribution in [0, 0.1) is 6.92 Å². The number of rotatable bonds is 6. The topological polar surface area (TPSA) is 67.4 Å². The molecule has 27 heavy (non-hydrogen) atoms. The summed E-state index contributed by atoms with van der Waals surface area (Å²) in [6.45, 7) is 1.87. The van der Waals surface area contributed by atoms with Crippen LogP contribution in [-0.2, 0) is 4.79 Å². The number of anilines is 2. The monoisotopic (exact) mass is 360 g/mol. The van der Waals surface area contributed by atoms with E-state index in [1.165, 1.54) is 0 Å².